The van der Waals surface area contributed by atoms with Crippen LogP contribution in [0.5, 0.6) is 0 Å². The molecule has 4 nitrogen and oxygen atoms in total. The van der Waals surface area contributed by atoms with E-state index in [0.29, 0.717) is 30.1 Å². The van der Waals surface area contributed by atoms with E-state index in [1.54, 1.807) is 28.6 Å². The lowest BCUT2D eigenvalue weighted by Gasteiger charge is -2.20. The second kappa shape index (κ2) is 5.72. The Kier molecular flexibility index (Phi) is 4.23. The van der Waals surface area contributed by atoms with Crippen molar-refractivity contribution in [3.8, 4) is 6.07 Å². The topological polar surface area (TPSA) is 61.2 Å². The van der Waals surface area contributed by atoms with Crippen molar-refractivity contribution >= 4 is 10.0 Å². The number of nitriles is 1. The van der Waals surface area contributed by atoms with E-state index in [2.05, 4.69) is 0 Å². The Morgan fingerprint density at radius 1 is 1.37 bits per heavy atom. The molecular weight excluding hydrogens is 260 g/mol. The third-order valence-electron chi connectivity index (χ3n) is 3.38. The molecule has 0 atom stereocenters. The highest BCUT2D eigenvalue weighted by Gasteiger charge is 2.30. The maximum Gasteiger partial charge on any atom is 0.218 e. The van der Waals surface area contributed by atoms with Gasteiger partial charge in [-0.3, -0.25) is 0 Å². The fourth-order valence-corrected chi connectivity index (χ4v) is 3.73. The molecule has 1 fully saturated rings. The quantitative estimate of drug-likeness (QED) is 0.800. The summed E-state index contributed by atoms with van der Waals surface area (Å²) in [6.45, 7) is 2.97. The van der Waals surface area contributed by atoms with E-state index < -0.39 is 10.0 Å². The highest BCUT2D eigenvalue weighted by atomic mass is 32.2. The largest absolute Gasteiger partial charge is 0.218 e. The Balaban J connectivity index is 2.17. The van der Waals surface area contributed by atoms with Gasteiger partial charge in [-0.05, 0) is 30.4 Å². The molecule has 2 rings (SSSR count). The monoisotopic (exact) mass is 278 g/mol. The molecule has 0 aromatic heterocycles. The standard InChI is InChI=1S/C14H18N2O2S/c1-2-16(10-12-7-8-12)19(17,18)11-14-6-4-3-5-13(14)9-15/h3-6,12H,2,7-8,10-11H2,1H3. The molecule has 0 amide bonds. The summed E-state index contributed by atoms with van der Waals surface area (Å²) in [6.07, 6.45) is 2.25. The summed E-state index contributed by atoms with van der Waals surface area (Å²) in [4.78, 5) is 0. The highest BCUT2D eigenvalue weighted by molar-refractivity contribution is 7.88. The van der Waals surface area contributed by atoms with Crippen LogP contribution in [0, 0.1) is 17.2 Å². The van der Waals surface area contributed by atoms with E-state index in [9.17, 15) is 8.42 Å². The molecule has 1 aromatic rings. The molecule has 1 saturated carbocycles. The van der Waals surface area contributed by atoms with Crippen molar-refractivity contribution in [2.45, 2.75) is 25.5 Å². The van der Waals surface area contributed by atoms with Crippen LogP contribution < -0.4 is 0 Å². The van der Waals surface area contributed by atoms with E-state index in [4.69, 9.17) is 5.26 Å². The minimum atomic E-state index is -3.33. The lowest BCUT2D eigenvalue weighted by Crippen LogP contribution is -2.33. The number of hydrogen-bond donors (Lipinski definition) is 0. The molecule has 5 heteroatoms. The van der Waals surface area contributed by atoms with Gasteiger partial charge in [-0.25, -0.2) is 12.7 Å². The Bertz CT molecular complexity index is 586. The van der Waals surface area contributed by atoms with Gasteiger partial charge in [-0.2, -0.15) is 5.26 Å². The Morgan fingerprint density at radius 2 is 2.05 bits per heavy atom. The smallest absolute Gasteiger partial charge is 0.212 e. The maximum absolute atomic E-state index is 12.4. The molecule has 1 aliphatic carbocycles. The van der Waals surface area contributed by atoms with Gasteiger partial charge >= 0.3 is 0 Å². The molecule has 1 aromatic carbocycles. The summed E-state index contributed by atoms with van der Waals surface area (Å²) >= 11 is 0. The number of rotatable bonds is 6. The molecule has 19 heavy (non-hydrogen) atoms. The maximum atomic E-state index is 12.4. The van der Waals surface area contributed by atoms with Gasteiger partial charge in [0.1, 0.15) is 0 Å². The molecule has 102 valence electrons. The first-order valence-electron chi connectivity index (χ1n) is 6.52. The number of sulfonamides is 1. The number of hydrogen-bond acceptors (Lipinski definition) is 3. The van der Waals surface area contributed by atoms with Gasteiger partial charge in [0.05, 0.1) is 17.4 Å². The predicted molar refractivity (Wildman–Crippen MR) is 73.8 cm³/mol. The molecule has 0 radical (unpaired) electrons. The van der Waals surface area contributed by atoms with Crippen LogP contribution in [0.1, 0.15) is 30.9 Å². The van der Waals surface area contributed by atoms with Crippen molar-refractivity contribution < 1.29 is 8.42 Å². The molecular formula is C14H18N2O2S. The predicted octanol–water partition coefficient (Wildman–Crippen LogP) is 2.12. The summed E-state index contributed by atoms with van der Waals surface area (Å²) in [5.74, 6) is 0.443. The summed E-state index contributed by atoms with van der Waals surface area (Å²) in [6, 6.07) is 8.92. The van der Waals surface area contributed by atoms with Gasteiger partial charge < -0.3 is 0 Å². The summed E-state index contributed by atoms with van der Waals surface area (Å²) < 4.78 is 26.3. The van der Waals surface area contributed by atoms with E-state index in [0.717, 1.165) is 12.8 Å². The van der Waals surface area contributed by atoms with Crippen molar-refractivity contribution in [3.63, 3.8) is 0 Å². The zero-order valence-corrected chi connectivity index (χ0v) is 11.9. The van der Waals surface area contributed by atoms with Crippen LogP contribution in [0.3, 0.4) is 0 Å². The zero-order valence-electron chi connectivity index (χ0n) is 11.0. The van der Waals surface area contributed by atoms with Crippen LogP contribution in [0.4, 0.5) is 0 Å². The fourth-order valence-electron chi connectivity index (χ4n) is 2.07. The summed E-state index contributed by atoms with van der Waals surface area (Å²) in [7, 11) is -3.33. The summed E-state index contributed by atoms with van der Waals surface area (Å²) in [5.41, 5.74) is 1.02. The Morgan fingerprint density at radius 3 is 2.63 bits per heavy atom. The first kappa shape index (κ1) is 14.0. The van der Waals surface area contributed by atoms with Gasteiger partial charge in [0.15, 0.2) is 0 Å². The fraction of sp³-hybridized carbons (Fsp3) is 0.500. The average molecular weight is 278 g/mol. The second-order valence-electron chi connectivity index (χ2n) is 4.92. The van der Waals surface area contributed by atoms with Crippen LogP contribution in [0.2, 0.25) is 0 Å². The minimum absolute atomic E-state index is 0.0860. The van der Waals surface area contributed by atoms with E-state index >= 15 is 0 Å². The Labute approximate surface area is 114 Å². The normalized spacial score (nSPS) is 15.4. The molecule has 0 heterocycles. The molecule has 0 spiro atoms. The van der Waals surface area contributed by atoms with Crippen LogP contribution in [-0.2, 0) is 15.8 Å². The van der Waals surface area contributed by atoms with Gasteiger partial charge in [0, 0.05) is 13.1 Å². The van der Waals surface area contributed by atoms with Crippen LogP contribution >= 0.6 is 0 Å². The molecule has 0 bridgehead atoms. The zero-order chi connectivity index (χ0) is 13.9. The molecule has 0 aliphatic heterocycles. The minimum Gasteiger partial charge on any atom is -0.212 e. The average Bonchev–Trinajstić information content (AvgIpc) is 3.20. The molecule has 0 saturated heterocycles. The number of nitrogens with zero attached hydrogens (tertiary/aromatic N) is 2. The summed E-state index contributed by atoms with van der Waals surface area (Å²) in [5, 5.41) is 9.01. The van der Waals surface area contributed by atoms with Gasteiger partial charge in [-0.1, -0.05) is 25.1 Å². The van der Waals surface area contributed by atoms with Crippen LogP contribution in [-0.4, -0.2) is 25.8 Å². The third-order valence-corrected chi connectivity index (χ3v) is 5.25. The molecule has 0 N–H and O–H groups in total. The van der Waals surface area contributed by atoms with Gasteiger partial charge in [0.25, 0.3) is 0 Å². The van der Waals surface area contributed by atoms with Crippen LogP contribution in [0.15, 0.2) is 24.3 Å². The highest BCUT2D eigenvalue weighted by Crippen LogP contribution is 2.31. The van der Waals surface area contributed by atoms with Crippen molar-refractivity contribution in [2.75, 3.05) is 13.1 Å². The SMILES string of the molecule is CCN(CC1CC1)S(=O)(=O)Cc1ccccc1C#N. The lowest BCUT2D eigenvalue weighted by atomic mass is 10.1. The van der Waals surface area contributed by atoms with Crippen molar-refractivity contribution in [2.24, 2.45) is 5.92 Å². The van der Waals surface area contributed by atoms with Gasteiger partial charge in [0.2, 0.25) is 10.0 Å². The second-order valence-corrected chi connectivity index (χ2v) is 6.89. The van der Waals surface area contributed by atoms with Crippen molar-refractivity contribution in [1.82, 2.24) is 4.31 Å². The van der Waals surface area contributed by atoms with E-state index in [-0.39, 0.29) is 5.75 Å². The first-order chi connectivity index (χ1) is 9.06. The lowest BCUT2D eigenvalue weighted by molar-refractivity contribution is 0.411. The van der Waals surface area contributed by atoms with Crippen LogP contribution in [0.25, 0.3) is 0 Å². The molecule has 0 unspecified atom stereocenters. The van der Waals surface area contributed by atoms with Gasteiger partial charge in [-0.15, -0.1) is 0 Å². The molecule has 1 aliphatic rings. The van der Waals surface area contributed by atoms with Crippen molar-refractivity contribution in [1.29, 1.82) is 5.26 Å². The van der Waals surface area contributed by atoms with E-state index in [1.165, 1.54) is 0 Å². The number of benzene rings is 1. The van der Waals surface area contributed by atoms with E-state index in [1.807, 2.05) is 13.0 Å². The van der Waals surface area contributed by atoms with Crippen molar-refractivity contribution in [3.05, 3.63) is 35.4 Å². The first-order valence-corrected chi connectivity index (χ1v) is 8.13. The Hall–Kier alpha value is -1.38. The third kappa shape index (κ3) is 3.55.